The van der Waals surface area contributed by atoms with Crippen molar-refractivity contribution in [2.75, 3.05) is 5.88 Å². The standard InChI is InChI=1S/C13H17BrClNO/c1-10(3-2-8-15)16-13(17)9-11-4-6-12(14)7-5-11/h4-7,10H,2-3,8-9H2,1H3,(H,16,17). The molecule has 17 heavy (non-hydrogen) atoms. The third-order valence-electron chi connectivity index (χ3n) is 2.46. The molecule has 0 aromatic heterocycles. The molecule has 0 radical (unpaired) electrons. The number of carbonyl (C=O) groups is 1. The molecule has 0 saturated heterocycles. The van der Waals surface area contributed by atoms with E-state index in [-0.39, 0.29) is 11.9 Å². The van der Waals surface area contributed by atoms with Gasteiger partial charge in [0.25, 0.3) is 0 Å². The molecule has 1 aromatic rings. The van der Waals surface area contributed by atoms with Crippen LogP contribution in [0.1, 0.15) is 25.3 Å². The Labute approximate surface area is 116 Å². The van der Waals surface area contributed by atoms with Crippen molar-refractivity contribution in [3.8, 4) is 0 Å². The fourth-order valence-corrected chi connectivity index (χ4v) is 1.99. The van der Waals surface area contributed by atoms with Gasteiger partial charge < -0.3 is 5.32 Å². The lowest BCUT2D eigenvalue weighted by Crippen LogP contribution is -2.33. The molecular formula is C13H17BrClNO. The van der Waals surface area contributed by atoms with Crippen LogP contribution in [0.15, 0.2) is 28.7 Å². The Balaban J connectivity index is 2.36. The van der Waals surface area contributed by atoms with Gasteiger partial charge >= 0.3 is 0 Å². The number of amides is 1. The highest BCUT2D eigenvalue weighted by Crippen LogP contribution is 2.11. The van der Waals surface area contributed by atoms with Gasteiger partial charge in [-0.2, -0.15) is 0 Å². The molecule has 0 spiro atoms. The maximum atomic E-state index is 11.7. The van der Waals surface area contributed by atoms with E-state index >= 15 is 0 Å². The highest BCUT2D eigenvalue weighted by atomic mass is 79.9. The van der Waals surface area contributed by atoms with Crippen molar-refractivity contribution in [3.63, 3.8) is 0 Å². The zero-order chi connectivity index (χ0) is 12.7. The minimum atomic E-state index is 0.0643. The van der Waals surface area contributed by atoms with Gasteiger partial charge in [0.05, 0.1) is 6.42 Å². The van der Waals surface area contributed by atoms with Crippen molar-refractivity contribution < 1.29 is 4.79 Å². The van der Waals surface area contributed by atoms with Crippen LogP contribution in [0.2, 0.25) is 0 Å². The van der Waals surface area contributed by atoms with Gasteiger partial charge in [0.15, 0.2) is 0 Å². The Morgan fingerprint density at radius 1 is 1.41 bits per heavy atom. The molecule has 0 bridgehead atoms. The third kappa shape index (κ3) is 6.08. The second kappa shape index (κ2) is 7.72. The maximum Gasteiger partial charge on any atom is 0.224 e. The van der Waals surface area contributed by atoms with E-state index in [1.54, 1.807) is 0 Å². The number of halogens is 2. The molecule has 1 N–H and O–H groups in total. The molecular weight excluding hydrogens is 302 g/mol. The van der Waals surface area contributed by atoms with Gasteiger partial charge in [0.2, 0.25) is 5.91 Å². The molecule has 1 atom stereocenters. The second-order valence-corrected chi connectivity index (χ2v) is 5.40. The van der Waals surface area contributed by atoms with E-state index in [1.165, 1.54) is 0 Å². The summed E-state index contributed by atoms with van der Waals surface area (Å²) in [5.74, 6) is 0.710. The van der Waals surface area contributed by atoms with Crippen molar-refractivity contribution >= 4 is 33.4 Å². The Morgan fingerprint density at radius 3 is 2.65 bits per heavy atom. The van der Waals surface area contributed by atoms with Gasteiger partial charge in [-0.15, -0.1) is 11.6 Å². The molecule has 1 rings (SSSR count). The maximum absolute atomic E-state index is 11.7. The lowest BCUT2D eigenvalue weighted by atomic mass is 10.1. The zero-order valence-corrected chi connectivity index (χ0v) is 12.2. The summed E-state index contributed by atoms with van der Waals surface area (Å²) in [6.45, 7) is 2.01. The van der Waals surface area contributed by atoms with E-state index in [0.717, 1.165) is 22.9 Å². The zero-order valence-electron chi connectivity index (χ0n) is 9.88. The average Bonchev–Trinajstić information content (AvgIpc) is 2.29. The molecule has 94 valence electrons. The number of nitrogens with one attached hydrogen (secondary N) is 1. The minimum Gasteiger partial charge on any atom is -0.353 e. The Bertz CT molecular complexity index is 353. The molecule has 0 aliphatic carbocycles. The number of hydrogen-bond acceptors (Lipinski definition) is 1. The van der Waals surface area contributed by atoms with Crippen LogP contribution in [0.5, 0.6) is 0 Å². The van der Waals surface area contributed by atoms with E-state index < -0.39 is 0 Å². The number of benzene rings is 1. The van der Waals surface area contributed by atoms with Gasteiger partial charge in [-0.1, -0.05) is 28.1 Å². The Kier molecular flexibility index (Phi) is 6.60. The predicted octanol–water partition coefficient (Wildman–Crippen LogP) is 3.52. The van der Waals surface area contributed by atoms with Crippen LogP contribution < -0.4 is 5.32 Å². The van der Waals surface area contributed by atoms with Gasteiger partial charge in [-0.3, -0.25) is 4.79 Å². The highest BCUT2D eigenvalue weighted by Gasteiger charge is 2.07. The van der Waals surface area contributed by atoms with Gasteiger partial charge in [-0.05, 0) is 37.5 Å². The van der Waals surface area contributed by atoms with Crippen molar-refractivity contribution in [1.82, 2.24) is 5.32 Å². The lowest BCUT2D eigenvalue weighted by Gasteiger charge is -2.13. The monoisotopic (exact) mass is 317 g/mol. The number of alkyl halides is 1. The van der Waals surface area contributed by atoms with Gasteiger partial charge in [0, 0.05) is 16.4 Å². The first-order valence-electron chi connectivity index (χ1n) is 5.71. The largest absolute Gasteiger partial charge is 0.353 e. The van der Waals surface area contributed by atoms with Crippen LogP contribution in [0.3, 0.4) is 0 Å². The van der Waals surface area contributed by atoms with Crippen LogP contribution in [-0.4, -0.2) is 17.8 Å². The molecule has 1 unspecified atom stereocenters. The number of carbonyl (C=O) groups excluding carboxylic acids is 1. The first-order chi connectivity index (χ1) is 8.11. The summed E-state index contributed by atoms with van der Waals surface area (Å²) in [4.78, 5) is 11.7. The van der Waals surface area contributed by atoms with Crippen molar-refractivity contribution in [3.05, 3.63) is 34.3 Å². The average molecular weight is 319 g/mol. The van der Waals surface area contributed by atoms with Gasteiger partial charge in [0.1, 0.15) is 0 Å². The van der Waals surface area contributed by atoms with Crippen molar-refractivity contribution in [1.29, 1.82) is 0 Å². The third-order valence-corrected chi connectivity index (χ3v) is 3.25. The van der Waals surface area contributed by atoms with E-state index in [2.05, 4.69) is 21.2 Å². The van der Waals surface area contributed by atoms with Gasteiger partial charge in [-0.25, -0.2) is 0 Å². The normalized spacial score (nSPS) is 12.2. The predicted molar refractivity (Wildman–Crippen MR) is 75.4 cm³/mol. The fourth-order valence-electron chi connectivity index (χ4n) is 1.57. The molecule has 4 heteroatoms. The molecule has 0 saturated carbocycles. The van der Waals surface area contributed by atoms with Crippen LogP contribution in [0, 0.1) is 0 Å². The van der Waals surface area contributed by atoms with Crippen LogP contribution in [-0.2, 0) is 11.2 Å². The first-order valence-corrected chi connectivity index (χ1v) is 7.04. The van der Waals surface area contributed by atoms with Crippen molar-refractivity contribution in [2.45, 2.75) is 32.2 Å². The first kappa shape index (κ1) is 14.5. The fraction of sp³-hybridized carbons (Fsp3) is 0.462. The smallest absolute Gasteiger partial charge is 0.224 e. The SMILES string of the molecule is CC(CCCCl)NC(=O)Cc1ccc(Br)cc1. The van der Waals surface area contributed by atoms with Crippen LogP contribution in [0.25, 0.3) is 0 Å². The summed E-state index contributed by atoms with van der Waals surface area (Å²) in [6, 6.07) is 7.98. The summed E-state index contributed by atoms with van der Waals surface area (Å²) < 4.78 is 1.03. The van der Waals surface area contributed by atoms with Crippen molar-refractivity contribution in [2.24, 2.45) is 0 Å². The summed E-state index contributed by atoms with van der Waals surface area (Å²) in [5, 5.41) is 2.97. The summed E-state index contributed by atoms with van der Waals surface area (Å²) in [7, 11) is 0. The molecule has 2 nitrogen and oxygen atoms in total. The van der Waals surface area contributed by atoms with E-state index in [0.29, 0.717) is 12.3 Å². The quantitative estimate of drug-likeness (QED) is 0.799. The molecule has 1 amide bonds. The lowest BCUT2D eigenvalue weighted by molar-refractivity contribution is -0.121. The summed E-state index contributed by atoms with van der Waals surface area (Å²) >= 11 is 8.98. The highest BCUT2D eigenvalue weighted by molar-refractivity contribution is 9.10. The Hall–Kier alpha value is -0.540. The molecule has 0 aliphatic rings. The topological polar surface area (TPSA) is 29.1 Å². The van der Waals surface area contributed by atoms with E-state index in [9.17, 15) is 4.79 Å². The minimum absolute atomic E-state index is 0.0643. The molecule has 0 fully saturated rings. The van der Waals surface area contributed by atoms with E-state index in [4.69, 9.17) is 11.6 Å². The second-order valence-electron chi connectivity index (χ2n) is 4.10. The summed E-state index contributed by atoms with van der Waals surface area (Å²) in [5.41, 5.74) is 1.02. The molecule has 0 heterocycles. The number of rotatable bonds is 6. The molecule has 1 aromatic carbocycles. The van der Waals surface area contributed by atoms with Crippen LogP contribution in [0.4, 0.5) is 0 Å². The summed E-state index contributed by atoms with van der Waals surface area (Å²) in [6.07, 6.45) is 2.29. The molecule has 0 aliphatic heterocycles. The van der Waals surface area contributed by atoms with Crippen LogP contribution >= 0.6 is 27.5 Å². The Morgan fingerprint density at radius 2 is 2.06 bits per heavy atom. The van der Waals surface area contributed by atoms with E-state index in [1.807, 2.05) is 31.2 Å². The number of hydrogen-bond donors (Lipinski definition) is 1.